The Morgan fingerprint density at radius 2 is 1.68 bits per heavy atom. The molecule has 1 aliphatic heterocycles. The molecule has 3 N–H and O–H groups in total. The van der Waals surface area contributed by atoms with Crippen molar-refractivity contribution in [3.8, 4) is 0 Å². The second kappa shape index (κ2) is 14.6. The molecule has 0 unspecified atom stereocenters. The van der Waals surface area contributed by atoms with E-state index in [1.54, 1.807) is 0 Å². The molecule has 1 fully saturated rings. The van der Waals surface area contributed by atoms with Crippen molar-refractivity contribution in [2.45, 2.75) is 52.6 Å². The largest absolute Gasteiger partial charge is 0.357 e. The number of amides is 2. The lowest BCUT2D eigenvalue weighted by molar-refractivity contribution is -0.117. The Bertz CT molecular complexity index is 945. The lowest BCUT2D eigenvalue weighted by atomic mass is 10.1. The predicted molar refractivity (Wildman–Crippen MR) is 149 cm³/mol. The maximum absolute atomic E-state index is 12.1. The number of nitrogens with one attached hydrogen (secondary N) is 3. The molecule has 2 amide bonds. The number of hydrogen-bond donors (Lipinski definition) is 3. The van der Waals surface area contributed by atoms with E-state index in [0.717, 1.165) is 55.1 Å². The first-order valence-electron chi connectivity index (χ1n) is 11.9. The molecule has 1 aliphatic rings. The molecule has 1 heterocycles. The van der Waals surface area contributed by atoms with Gasteiger partial charge < -0.3 is 20.9 Å². The summed E-state index contributed by atoms with van der Waals surface area (Å²) in [6, 6.07) is 15.7. The molecule has 0 aliphatic carbocycles. The normalized spacial score (nSPS) is 13.4. The lowest BCUT2D eigenvalue weighted by Gasteiger charge is -2.16. The number of hydrogen-bond acceptors (Lipinski definition) is 3. The van der Waals surface area contributed by atoms with E-state index in [1.165, 1.54) is 0 Å². The molecule has 0 atom stereocenters. The maximum Gasteiger partial charge on any atom is 0.251 e. The van der Waals surface area contributed by atoms with Crippen molar-refractivity contribution in [2.24, 2.45) is 4.99 Å². The van der Waals surface area contributed by atoms with Crippen LogP contribution in [0.15, 0.2) is 53.5 Å². The van der Waals surface area contributed by atoms with E-state index in [-0.39, 0.29) is 35.8 Å². The third-order valence-corrected chi connectivity index (χ3v) is 5.58. The van der Waals surface area contributed by atoms with Crippen LogP contribution in [-0.2, 0) is 17.9 Å². The number of carbonyl (C=O) groups is 2. The number of benzene rings is 2. The van der Waals surface area contributed by atoms with Crippen LogP contribution in [0.1, 0.15) is 61.0 Å². The zero-order chi connectivity index (χ0) is 23.5. The number of rotatable bonds is 10. The molecule has 8 heteroatoms. The number of carbonyl (C=O) groups excluding carboxylic acids is 2. The zero-order valence-corrected chi connectivity index (χ0v) is 22.4. The monoisotopic (exact) mass is 577 g/mol. The van der Waals surface area contributed by atoms with Crippen molar-refractivity contribution < 1.29 is 9.59 Å². The predicted octanol–water partition coefficient (Wildman–Crippen LogP) is 4.22. The molecule has 0 aromatic heterocycles. The highest BCUT2D eigenvalue weighted by atomic mass is 127. The van der Waals surface area contributed by atoms with Crippen LogP contribution in [0.4, 0.5) is 5.69 Å². The van der Waals surface area contributed by atoms with Gasteiger partial charge in [0.25, 0.3) is 5.91 Å². The minimum absolute atomic E-state index is 0. The standard InChI is InChI=1S/C26H35N5O2.HI/c1-3-5-16-28-25(33)22-12-8-20(9-13-22)18-29-26(27-4-2)30-19-21-10-14-23(15-11-21)31-17-6-7-24(31)32;/h8-15H,3-7,16-19H2,1-2H3,(H,28,33)(H2,27,29,30);1H. The van der Waals surface area contributed by atoms with Crippen LogP contribution >= 0.6 is 24.0 Å². The van der Waals surface area contributed by atoms with Crippen molar-refractivity contribution in [2.75, 3.05) is 24.5 Å². The molecule has 0 saturated carbocycles. The molecule has 0 spiro atoms. The number of halogens is 1. The Morgan fingerprint density at radius 3 is 2.29 bits per heavy atom. The summed E-state index contributed by atoms with van der Waals surface area (Å²) in [5.41, 5.74) is 3.79. The van der Waals surface area contributed by atoms with Crippen LogP contribution in [0, 0.1) is 0 Å². The van der Waals surface area contributed by atoms with E-state index in [4.69, 9.17) is 0 Å². The minimum atomic E-state index is -0.0297. The van der Waals surface area contributed by atoms with Crippen LogP contribution in [0.2, 0.25) is 0 Å². The van der Waals surface area contributed by atoms with Gasteiger partial charge in [-0.3, -0.25) is 9.59 Å². The van der Waals surface area contributed by atoms with Crippen LogP contribution in [0.3, 0.4) is 0 Å². The minimum Gasteiger partial charge on any atom is -0.357 e. The summed E-state index contributed by atoms with van der Waals surface area (Å²) in [5.74, 6) is 0.903. The summed E-state index contributed by atoms with van der Waals surface area (Å²) in [7, 11) is 0. The van der Waals surface area contributed by atoms with Crippen molar-refractivity contribution >= 4 is 47.4 Å². The SMILES string of the molecule is CCCCNC(=O)c1ccc(CNC(=NCc2ccc(N3CCCC3=O)cc2)NCC)cc1.I. The molecule has 184 valence electrons. The third-order valence-electron chi connectivity index (χ3n) is 5.58. The van der Waals surface area contributed by atoms with Gasteiger partial charge in [-0.05, 0) is 55.2 Å². The Labute approximate surface area is 219 Å². The molecular formula is C26H36IN5O2. The maximum atomic E-state index is 12.1. The highest BCUT2D eigenvalue weighted by molar-refractivity contribution is 14.0. The number of guanidine groups is 1. The molecule has 0 radical (unpaired) electrons. The molecular weight excluding hydrogens is 541 g/mol. The van der Waals surface area contributed by atoms with Crippen LogP contribution < -0.4 is 20.9 Å². The molecule has 7 nitrogen and oxygen atoms in total. The van der Waals surface area contributed by atoms with Gasteiger partial charge in [-0.1, -0.05) is 37.6 Å². The van der Waals surface area contributed by atoms with E-state index in [0.29, 0.717) is 31.6 Å². The number of anilines is 1. The third kappa shape index (κ3) is 8.30. The summed E-state index contributed by atoms with van der Waals surface area (Å²) in [6.45, 7) is 7.56. The summed E-state index contributed by atoms with van der Waals surface area (Å²) in [5, 5.41) is 9.55. The van der Waals surface area contributed by atoms with E-state index >= 15 is 0 Å². The number of aliphatic imine (C=N–C) groups is 1. The molecule has 0 bridgehead atoms. The van der Waals surface area contributed by atoms with Gasteiger partial charge in [0, 0.05) is 43.9 Å². The summed E-state index contributed by atoms with van der Waals surface area (Å²) in [4.78, 5) is 30.6. The van der Waals surface area contributed by atoms with Gasteiger partial charge in [-0.25, -0.2) is 4.99 Å². The molecule has 1 saturated heterocycles. The van der Waals surface area contributed by atoms with E-state index < -0.39 is 0 Å². The van der Waals surface area contributed by atoms with E-state index in [9.17, 15) is 9.59 Å². The van der Waals surface area contributed by atoms with Gasteiger partial charge in [0.2, 0.25) is 5.91 Å². The Balaban J connectivity index is 0.00000408. The summed E-state index contributed by atoms with van der Waals surface area (Å²) < 4.78 is 0. The van der Waals surface area contributed by atoms with Crippen molar-refractivity contribution in [3.63, 3.8) is 0 Å². The van der Waals surface area contributed by atoms with Crippen LogP contribution in [0.5, 0.6) is 0 Å². The van der Waals surface area contributed by atoms with E-state index in [1.807, 2.05) is 60.4 Å². The van der Waals surface area contributed by atoms with Crippen LogP contribution in [0.25, 0.3) is 0 Å². The average molecular weight is 578 g/mol. The zero-order valence-electron chi connectivity index (χ0n) is 20.1. The highest BCUT2D eigenvalue weighted by Crippen LogP contribution is 2.21. The fourth-order valence-electron chi connectivity index (χ4n) is 3.66. The van der Waals surface area contributed by atoms with E-state index in [2.05, 4.69) is 27.9 Å². The first kappa shape index (κ1) is 27.6. The van der Waals surface area contributed by atoms with Gasteiger partial charge in [0.15, 0.2) is 5.96 Å². The Hall–Kier alpha value is -2.62. The summed E-state index contributed by atoms with van der Waals surface area (Å²) >= 11 is 0. The van der Waals surface area contributed by atoms with Gasteiger partial charge in [-0.15, -0.1) is 24.0 Å². The Kier molecular flexibility index (Phi) is 11.9. The number of nitrogens with zero attached hydrogens (tertiary/aromatic N) is 2. The van der Waals surface area contributed by atoms with Gasteiger partial charge in [0.05, 0.1) is 6.54 Å². The molecule has 2 aromatic carbocycles. The van der Waals surface area contributed by atoms with Gasteiger partial charge in [-0.2, -0.15) is 0 Å². The smallest absolute Gasteiger partial charge is 0.251 e. The van der Waals surface area contributed by atoms with Crippen molar-refractivity contribution in [1.29, 1.82) is 0 Å². The fraction of sp³-hybridized carbons (Fsp3) is 0.423. The Morgan fingerprint density at radius 1 is 0.971 bits per heavy atom. The fourth-order valence-corrected chi connectivity index (χ4v) is 3.66. The van der Waals surface area contributed by atoms with Crippen molar-refractivity contribution in [1.82, 2.24) is 16.0 Å². The first-order valence-corrected chi connectivity index (χ1v) is 11.9. The average Bonchev–Trinajstić information content (AvgIpc) is 3.27. The summed E-state index contributed by atoms with van der Waals surface area (Å²) in [6.07, 6.45) is 3.62. The van der Waals surface area contributed by atoms with Crippen LogP contribution in [-0.4, -0.2) is 37.4 Å². The lowest BCUT2D eigenvalue weighted by Crippen LogP contribution is -2.36. The quantitative estimate of drug-likeness (QED) is 0.171. The van der Waals surface area contributed by atoms with Gasteiger partial charge >= 0.3 is 0 Å². The molecule has 2 aromatic rings. The van der Waals surface area contributed by atoms with Crippen molar-refractivity contribution in [3.05, 3.63) is 65.2 Å². The highest BCUT2D eigenvalue weighted by Gasteiger charge is 2.21. The second-order valence-corrected chi connectivity index (χ2v) is 8.17. The second-order valence-electron chi connectivity index (χ2n) is 8.17. The van der Waals surface area contributed by atoms with Gasteiger partial charge in [0.1, 0.15) is 0 Å². The first-order chi connectivity index (χ1) is 16.1. The molecule has 34 heavy (non-hydrogen) atoms. The molecule has 3 rings (SSSR count). The number of unbranched alkanes of at least 4 members (excludes halogenated alkanes) is 1. The topological polar surface area (TPSA) is 85.8 Å².